The number of nitrogens with zero attached hydrogens (tertiary/aromatic N) is 5. The van der Waals surface area contributed by atoms with Crippen molar-refractivity contribution in [3.05, 3.63) is 54.9 Å². The van der Waals surface area contributed by atoms with E-state index in [2.05, 4.69) is 26.2 Å². The maximum absolute atomic E-state index is 6.24. The lowest BCUT2D eigenvalue weighted by Crippen LogP contribution is -2.02. The summed E-state index contributed by atoms with van der Waals surface area (Å²) in [5.74, 6) is 0.970. The number of aromatic nitrogens is 5. The van der Waals surface area contributed by atoms with Crippen LogP contribution in [0.15, 0.2) is 54.9 Å². The molecule has 5 aromatic rings. The van der Waals surface area contributed by atoms with Crippen LogP contribution in [0.4, 0.5) is 11.5 Å². The van der Waals surface area contributed by atoms with Crippen molar-refractivity contribution in [3.63, 3.8) is 0 Å². The second-order valence-electron chi connectivity index (χ2n) is 5.79. The van der Waals surface area contributed by atoms with Crippen LogP contribution in [0.25, 0.3) is 38.7 Å². The molecule has 2 aromatic carbocycles. The van der Waals surface area contributed by atoms with Gasteiger partial charge in [0.1, 0.15) is 6.33 Å². The summed E-state index contributed by atoms with van der Waals surface area (Å²) >= 11 is 0. The second kappa shape index (κ2) is 4.88. The Kier molecular flexibility index (Phi) is 2.67. The van der Waals surface area contributed by atoms with E-state index in [1.807, 2.05) is 47.0 Å². The van der Waals surface area contributed by atoms with Crippen molar-refractivity contribution >= 4 is 44.3 Å². The van der Waals surface area contributed by atoms with Crippen molar-refractivity contribution < 1.29 is 0 Å². The molecule has 25 heavy (non-hydrogen) atoms. The van der Waals surface area contributed by atoms with E-state index in [4.69, 9.17) is 11.5 Å². The molecule has 0 aliphatic carbocycles. The average Bonchev–Trinajstić information content (AvgIpc) is 2.97. The summed E-state index contributed by atoms with van der Waals surface area (Å²) in [4.78, 5) is 8.21. The number of para-hydroxylation sites is 1. The minimum absolute atomic E-state index is 0.315. The van der Waals surface area contributed by atoms with E-state index in [0.717, 1.165) is 27.5 Å². The zero-order valence-electron chi connectivity index (χ0n) is 13.1. The first-order valence-corrected chi connectivity index (χ1v) is 7.76. The van der Waals surface area contributed by atoms with Gasteiger partial charge in [0.15, 0.2) is 17.2 Å². The van der Waals surface area contributed by atoms with Gasteiger partial charge in [0, 0.05) is 22.5 Å². The van der Waals surface area contributed by atoms with Crippen molar-refractivity contribution in [2.24, 2.45) is 0 Å². The number of hydrogen-bond donors (Lipinski definition) is 2. The Bertz CT molecular complexity index is 1270. The molecule has 0 radical (unpaired) electrons. The number of hydrogen-bond acceptors (Lipinski definition) is 6. The summed E-state index contributed by atoms with van der Waals surface area (Å²) in [6.45, 7) is 0. The highest BCUT2D eigenvalue weighted by Gasteiger charge is 2.15. The topological polar surface area (TPSA) is 109 Å². The summed E-state index contributed by atoms with van der Waals surface area (Å²) < 4.78 is 2.03. The first-order chi connectivity index (χ1) is 12.2. The lowest BCUT2D eigenvalue weighted by atomic mass is 10.1. The summed E-state index contributed by atoms with van der Waals surface area (Å²) in [5.41, 5.74) is 15.9. The van der Waals surface area contributed by atoms with Gasteiger partial charge in [-0.05, 0) is 18.2 Å². The first kappa shape index (κ1) is 13.7. The van der Waals surface area contributed by atoms with Crippen LogP contribution in [0.2, 0.25) is 0 Å². The Labute approximate surface area is 141 Å². The summed E-state index contributed by atoms with van der Waals surface area (Å²) in [7, 11) is 0. The predicted octanol–water partition coefficient (Wildman–Crippen LogP) is 2.68. The monoisotopic (exact) mass is 327 g/mol. The average molecular weight is 327 g/mol. The molecule has 120 valence electrons. The third-order valence-electron chi connectivity index (χ3n) is 4.36. The molecule has 0 amide bonds. The van der Waals surface area contributed by atoms with Crippen molar-refractivity contribution in [2.45, 2.75) is 0 Å². The fourth-order valence-corrected chi connectivity index (χ4v) is 3.27. The summed E-state index contributed by atoms with van der Waals surface area (Å²) in [6, 6.07) is 15.8. The van der Waals surface area contributed by atoms with Crippen molar-refractivity contribution in [3.8, 4) is 5.82 Å². The van der Waals surface area contributed by atoms with E-state index in [1.54, 1.807) is 0 Å². The fraction of sp³-hybridized carbons (Fsp3) is 0. The quantitative estimate of drug-likeness (QED) is 0.458. The molecule has 0 spiro atoms. The molecular weight excluding hydrogens is 314 g/mol. The molecule has 0 fully saturated rings. The van der Waals surface area contributed by atoms with Gasteiger partial charge in [0.05, 0.1) is 16.6 Å². The van der Waals surface area contributed by atoms with Gasteiger partial charge in [-0.3, -0.25) is 4.57 Å². The van der Waals surface area contributed by atoms with E-state index in [9.17, 15) is 0 Å². The Morgan fingerprint density at radius 1 is 0.840 bits per heavy atom. The zero-order chi connectivity index (χ0) is 17.0. The number of nitrogen functional groups attached to an aromatic ring is 2. The Hall–Kier alpha value is -3.74. The van der Waals surface area contributed by atoms with Gasteiger partial charge in [-0.15, -0.1) is 10.2 Å². The minimum Gasteiger partial charge on any atom is -0.398 e. The highest BCUT2D eigenvalue weighted by molar-refractivity contribution is 6.14. The number of rotatable bonds is 1. The molecule has 4 N–H and O–H groups in total. The number of benzene rings is 2. The van der Waals surface area contributed by atoms with E-state index in [0.29, 0.717) is 22.7 Å². The van der Waals surface area contributed by atoms with Crippen LogP contribution in [0, 0.1) is 0 Å². The molecule has 0 saturated heterocycles. The predicted molar refractivity (Wildman–Crippen MR) is 98.3 cm³/mol. The van der Waals surface area contributed by atoms with Crippen LogP contribution in [-0.2, 0) is 0 Å². The lowest BCUT2D eigenvalue weighted by Gasteiger charge is -2.07. The van der Waals surface area contributed by atoms with Gasteiger partial charge in [-0.1, -0.05) is 24.3 Å². The van der Waals surface area contributed by atoms with Crippen molar-refractivity contribution in [2.75, 3.05) is 11.5 Å². The second-order valence-corrected chi connectivity index (χ2v) is 5.79. The largest absolute Gasteiger partial charge is 0.398 e. The van der Waals surface area contributed by atoms with Crippen LogP contribution in [0.3, 0.4) is 0 Å². The van der Waals surface area contributed by atoms with Gasteiger partial charge in [0.2, 0.25) is 0 Å². The molecule has 0 unspecified atom stereocenters. The van der Waals surface area contributed by atoms with Gasteiger partial charge in [-0.2, -0.15) is 0 Å². The molecule has 0 bridgehead atoms. The Morgan fingerprint density at radius 3 is 2.60 bits per heavy atom. The van der Waals surface area contributed by atoms with Gasteiger partial charge >= 0.3 is 0 Å². The third kappa shape index (κ3) is 1.86. The van der Waals surface area contributed by atoms with Crippen LogP contribution in [0.1, 0.15) is 0 Å². The number of nitrogens with two attached hydrogens (primary N) is 2. The zero-order valence-corrected chi connectivity index (χ0v) is 13.1. The number of anilines is 2. The summed E-state index contributed by atoms with van der Waals surface area (Å²) in [6.07, 6.45) is 1.42. The summed E-state index contributed by atoms with van der Waals surface area (Å²) in [5, 5.41) is 10.6. The van der Waals surface area contributed by atoms with Crippen molar-refractivity contribution in [1.29, 1.82) is 0 Å². The van der Waals surface area contributed by atoms with Gasteiger partial charge < -0.3 is 11.5 Å². The highest BCUT2D eigenvalue weighted by Crippen LogP contribution is 2.34. The van der Waals surface area contributed by atoms with Gasteiger partial charge in [-0.25, -0.2) is 9.97 Å². The maximum Gasteiger partial charge on any atom is 0.162 e. The molecule has 0 aliphatic rings. The molecule has 7 nitrogen and oxygen atoms in total. The first-order valence-electron chi connectivity index (χ1n) is 7.76. The Balaban J connectivity index is 1.93. The lowest BCUT2D eigenvalue weighted by molar-refractivity contribution is 0.973. The SMILES string of the molecule is Nc1ncnc2cc(-n3c4ccccc4c4c(N)cccc43)nnc12. The molecule has 5 rings (SSSR count). The molecular formula is C18H13N7. The standard InChI is InChI=1S/C18H13N7/c19-11-5-3-7-14-16(11)10-4-1-2-6-13(10)25(14)15-8-12-17(24-23-15)18(20)22-9-21-12/h1-9H,19H2,(H2,20,21,22). The Morgan fingerprint density at radius 2 is 1.68 bits per heavy atom. The van der Waals surface area contributed by atoms with Crippen LogP contribution < -0.4 is 11.5 Å². The third-order valence-corrected chi connectivity index (χ3v) is 4.36. The van der Waals surface area contributed by atoms with Crippen molar-refractivity contribution in [1.82, 2.24) is 24.7 Å². The van der Waals surface area contributed by atoms with E-state index < -0.39 is 0 Å². The smallest absolute Gasteiger partial charge is 0.162 e. The van der Waals surface area contributed by atoms with Crippen LogP contribution in [-0.4, -0.2) is 24.7 Å². The molecule has 0 atom stereocenters. The van der Waals surface area contributed by atoms with Gasteiger partial charge in [0.25, 0.3) is 0 Å². The molecule has 7 heteroatoms. The molecule has 3 aromatic heterocycles. The minimum atomic E-state index is 0.315. The fourth-order valence-electron chi connectivity index (χ4n) is 3.27. The molecule has 3 heterocycles. The van der Waals surface area contributed by atoms with E-state index in [1.165, 1.54) is 6.33 Å². The normalized spacial score (nSPS) is 11.5. The molecule has 0 saturated carbocycles. The number of fused-ring (bicyclic) bond motifs is 4. The van der Waals surface area contributed by atoms with Crippen LogP contribution >= 0.6 is 0 Å². The maximum atomic E-state index is 6.24. The van der Waals surface area contributed by atoms with Crippen LogP contribution in [0.5, 0.6) is 0 Å². The molecule has 0 aliphatic heterocycles. The van der Waals surface area contributed by atoms with E-state index in [-0.39, 0.29) is 0 Å². The highest BCUT2D eigenvalue weighted by atomic mass is 15.2. The van der Waals surface area contributed by atoms with E-state index >= 15 is 0 Å².